The molecule has 0 aliphatic carbocycles. The van der Waals surface area contributed by atoms with Crippen LogP contribution in [0.2, 0.25) is 0 Å². The summed E-state index contributed by atoms with van der Waals surface area (Å²) >= 11 is 3.27. The van der Waals surface area contributed by atoms with Crippen molar-refractivity contribution in [3.8, 4) is 5.75 Å². The van der Waals surface area contributed by atoms with Gasteiger partial charge in [-0.05, 0) is 32.8 Å². The second kappa shape index (κ2) is 4.14. The predicted molar refractivity (Wildman–Crippen MR) is 64.7 cm³/mol. The summed E-state index contributed by atoms with van der Waals surface area (Å²) in [7, 11) is 1.28. The lowest BCUT2D eigenvalue weighted by molar-refractivity contribution is 0.0597. The van der Waals surface area contributed by atoms with Crippen molar-refractivity contribution < 1.29 is 14.6 Å². The van der Waals surface area contributed by atoms with E-state index >= 15 is 0 Å². The van der Waals surface area contributed by atoms with Crippen LogP contribution in [0.25, 0.3) is 10.8 Å². The molecule has 0 fully saturated rings. The molecule has 0 bridgehead atoms. The number of phenols is 1. The molecule has 0 radical (unpaired) electrons. The fraction of sp³-hybridized carbons (Fsp3) is 0.0833. The average molecular weight is 281 g/mol. The molecule has 3 nitrogen and oxygen atoms in total. The van der Waals surface area contributed by atoms with Crippen LogP contribution in [0.1, 0.15) is 10.4 Å². The number of benzene rings is 2. The first-order chi connectivity index (χ1) is 7.65. The molecule has 0 aliphatic rings. The number of hydrogen-bond acceptors (Lipinski definition) is 3. The van der Waals surface area contributed by atoms with Gasteiger partial charge < -0.3 is 9.84 Å². The summed E-state index contributed by atoms with van der Waals surface area (Å²) in [5, 5.41) is 11.6. The highest BCUT2D eigenvalue weighted by molar-refractivity contribution is 9.10. The summed E-state index contributed by atoms with van der Waals surface area (Å²) in [6.07, 6.45) is 0. The summed E-state index contributed by atoms with van der Waals surface area (Å²) in [6.45, 7) is 0. The van der Waals surface area contributed by atoms with Crippen LogP contribution in [-0.4, -0.2) is 18.2 Å². The maximum absolute atomic E-state index is 11.4. The Labute approximate surface area is 101 Å². The van der Waals surface area contributed by atoms with E-state index in [-0.39, 0.29) is 11.3 Å². The van der Waals surface area contributed by atoms with E-state index in [1.807, 2.05) is 24.3 Å². The van der Waals surface area contributed by atoms with Crippen LogP contribution in [0.4, 0.5) is 0 Å². The lowest BCUT2D eigenvalue weighted by Crippen LogP contribution is -2.02. The van der Waals surface area contributed by atoms with Crippen LogP contribution in [0.15, 0.2) is 34.8 Å². The molecule has 16 heavy (non-hydrogen) atoms. The molecule has 0 aromatic heterocycles. The summed E-state index contributed by atoms with van der Waals surface area (Å²) in [4.78, 5) is 11.4. The number of esters is 1. The van der Waals surface area contributed by atoms with Crippen molar-refractivity contribution in [2.24, 2.45) is 0 Å². The van der Waals surface area contributed by atoms with Gasteiger partial charge in [0.15, 0.2) is 0 Å². The highest BCUT2D eigenvalue weighted by Gasteiger charge is 2.16. The molecule has 0 atom stereocenters. The van der Waals surface area contributed by atoms with Crippen LogP contribution in [0.5, 0.6) is 5.75 Å². The number of rotatable bonds is 1. The second-order valence-corrected chi connectivity index (χ2v) is 4.09. The van der Waals surface area contributed by atoms with E-state index in [0.717, 1.165) is 10.8 Å². The van der Waals surface area contributed by atoms with Crippen molar-refractivity contribution in [2.45, 2.75) is 0 Å². The highest BCUT2D eigenvalue weighted by Crippen LogP contribution is 2.35. The van der Waals surface area contributed by atoms with E-state index < -0.39 is 5.97 Å². The predicted octanol–water partition coefficient (Wildman–Crippen LogP) is 3.09. The second-order valence-electron chi connectivity index (χ2n) is 3.30. The molecule has 0 heterocycles. The Morgan fingerprint density at radius 2 is 2.06 bits per heavy atom. The monoisotopic (exact) mass is 280 g/mol. The Bertz CT molecular complexity index is 563. The molecule has 0 spiro atoms. The van der Waals surface area contributed by atoms with Gasteiger partial charge in [-0.2, -0.15) is 0 Å². The zero-order chi connectivity index (χ0) is 11.7. The highest BCUT2D eigenvalue weighted by atomic mass is 79.9. The largest absolute Gasteiger partial charge is 0.506 e. The summed E-state index contributed by atoms with van der Waals surface area (Å²) in [5.74, 6) is -0.644. The normalized spacial score (nSPS) is 10.4. The van der Waals surface area contributed by atoms with Crippen LogP contribution < -0.4 is 0 Å². The topological polar surface area (TPSA) is 46.5 Å². The molecule has 82 valence electrons. The maximum atomic E-state index is 11.4. The van der Waals surface area contributed by atoms with E-state index in [1.54, 1.807) is 6.07 Å². The third kappa shape index (κ3) is 1.65. The van der Waals surface area contributed by atoms with Gasteiger partial charge in [-0.25, -0.2) is 4.79 Å². The fourth-order valence-electron chi connectivity index (χ4n) is 1.56. The van der Waals surface area contributed by atoms with Gasteiger partial charge in [-0.15, -0.1) is 0 Å². The molecule has 2 aromatic rings. The molecule has 0 saturated heterocycles. The Morgan fingerprint density at radius 1 is 1.38 bits per heavy atom. The van der Waals surface area contributed by atoms with Crippen LogP contribution >= 0.6 is 15.9 Å². The molecule has 2 rings (SSSR count). The first kappa shape index (κ1) is 11.0. The van der Waals surface area contributed by atoms with Crippen molar-refractivity contribution in [2.75, 3.05) is 7.11 Å². The minimum Gasteiger partial charge on any atom is -0.506 e. The summed E-state index contributed by atoms with van der Waals surface area (Å²) < 4.78 is 5.11. The molecule has 0 aliphatic heterocycles. The van der Waals surface area contributed by atoms with Crippen molar-refractivity contribution in [1.29, 1.82) is 0 Å². The fourth-order valence-corrected chi connectivity index (χ4v) is 2.13. The number of carbonyl (C=O) groups excluding carboxylic acids is 1. The van der Waals surface area contributed by atoms with Crippen molar-refractivity contribution in [1.82, 2.24) is 0 Å². The van der Waals surface area contributed by atoms with Gasteiger partial charge in [-0.3, -0.25) is 0 Å². The summed E-state index contributed by atoms with van der Waals surface area (Å²) in [5.41, 5.74) is 0.160. The van der Waals surface area contributed by atoms with Gasteiger partial charge >= 0.3 is 5.97 Å². The van der Waals surface area contributed by atoms with Gasteiger partial charge in [0.1, 0.15) is 11.3 Å². The van der Waals surface area contributed by atoms with Crippen molar-refractivity contribution >= 4 is 32.7 Å². The van der Waals surface area contributed by atoms with Gasteiger partial charge in [0.2, 0.25) is 0 Å². The number of ether oxygens (including phenoxy) is 1. The Balaban J connectivity index is 2.78. The molecule has 0 amide bonds. The minimum absolute atomic E-state index is 0.0921. The van der Waals surface area contributed by atoms with E-state index in [4.69, 9.17) is 0 Å². The SMILES string of the molecule is COC(=O)c1cc2ccccc2c(Br)c1O. The number of methoxy groups -OCH3 is 1. The average Bonchev–Trinajstić information content (AvgIpc) is 2.33. The Kier molecular flexibility index (Phi) is 2.83. The molecule has 4 heteroatoms. The van der Waals surface area contributed by atoms with Crippen LogP contribution in [0, 0.1) is 0 Å². The van der Waals surface area contributed by atoms with Gasteiger partial charge in [0.05, 0.1) is 11.6 Å². The van der Waals surface area contributed by atoms with E-state index in [2.05, 4.69) is 20.7 Å². The number of fused-ring (bicyclic) bond motifs is 1. The van der Waals surface area contributed by atoms with E-state index in [9.17, 15) is 9.90 Å². The van der Waals surface area contributed by atoms with Crippen LogP contribution in [-0.2, 0) is 4.74 Å². The van der Waals surface area contributed by atoms with Gasteiger partial charge in [-0.1, -0.05) is 24.3 Å². The zero-order valence-corrected chi connectivity index (χ0v) is 10.1. The van der Waals surface area contributed by atoms with Gasteiger partial charge in [0.25, 0.3) is 0 Å². The lowest BCUT2D eigenvalue weighted by atomic mass is 10.1. The van der Waals surface area contributed by atoms with Crippen LogP contribution in [0.3, 0.4) is 0 Å². The first-order valence-corrected chi connectivity index (χ1v) is 5.43. The molecule has 2 aromatic carbocycles. The maximum Gasteiger partial charge on any atom is 0.341 e. The number of aromatic hydroxyl groups is 1. The number of carbonyl (C=O) groups is 1. The minimum atomic E-state index is -0.552. The Hall–Kier alpha value is -1.55. The molecule has 0 saturated carbocycles. The van der Waals surface area contributed by atoms with E-state index in [1.165, 1.54) is 7.11 Å². The standard InChI is InChI=1S/C12H9BrO3/c1-16-12(15)9-6-7-4-2-3-5-8(7)10(13)11(9)14/h2-6,14H,1H3. The first-order valence-electron chi connectivity index (χ1n) is 4.63. The molecular weight excluding hydrogens is 272 g/mol. The van der Waals surface area contributed by atoms with Crippen molar-refractivity contribution in [3.05, 3.63) is 40.4 Å². The number of phenolic OH excluding ortho intramolecular Hbond substituents is 1. The lowest BCUT2D eigenvalue weighted by Gasteiger charge is -2.08. The molecular formula is C12H9BrO3. The zero-order valence-electron chi connectivity index (χ0n) is 8.53. The molecule has 1 N–H and O–H groups in total. The molecule has 0 unspecified atom stereocenters. The summed E-state index contributed by atoms with van der Waals surface area (Å²) in [6, 6.07) is 9.07. The number of hydrogen-bond donors (Lipinski definition) is 1. The quantitative estimate of drug-likeness (QED) is 0.817. The van der Waals surface area contributed by atoms with E-state index in [0.29, 0.717) is 4.47 Å². The van der Waals surface area contributed by atoms with Crippen molar-refractivity contribution in [3.63, 3.8) is 0 Å². The smallest absolute Gasteiger partial charge is 0.341 e. The third-order valence-electron chi connectivity index (χ3n) is 2.37. The number of halogens is 1. The third-order valence-corrected chi connectivity index (χ3v) is 3.17. The van der Waals surface area contributed by atoms with Gasteiger partial charge in [0, 0.05) is 0 Å². The Morgan fingerprint density at radius 3 is 2.75 bits per heavy atom.